The van der Waals surface area contributed by atoms with Gasteiger partial charge in [-0.15, -0.1) is 0 Å². The van der Waals surface area contributed by atoms with Crippen molar-refractivity contribution in [3.05, 3.63) is 63.7 Å². The van der Waals surface area contributed by atoms with Gasteiger partial charge in [-0.2, -0.15) is 0 Å². The molecule has 33 heavy (non-hydrogen) atoms. The number of carbonyl (C=O) groups excluding carboxylic acids is 3. The number of hydrogen-bond acceptors (Lipinski definition) is 5. The minimum Gasteiger partial charge on any atom is -0.299 e. The molecule has 2 aromatic carbocycles. The van der Waals surface area contributed by atoms with Crippen LogP contribution in [-0.4, -0.2) is 37.0 Å². The number of unbranched alkanes of at least 4 members (excludes halogenated alkanes) is 2. The number of imide groups is 1. The number of sulfone groups is 1. The number of benzene rings is 2. The van der Waals surface area contributed by atoms with Gasteiger partial charge in [-0.05, 0) is 69.0 Å². The van der Waals surface area contributed by atoms with Gasteiger partial charge in [-0.25, -0.2) is 13.3 Å². The van der Waals surface area contributed by atoms with E-state index in [0.29, 0.717) is 42.0 Å². The first-order valence-corrected chi connectivity index (χ1v) is 13.1. The van der Waals surface area contributed by atoms with E-state index in [1.54, 1.807) is 45.0 Å². The van der Waals surface area contributed by atoms with Crippen LogP contribution in [0.3, 0.4) is 0 Å². The third kappa shape index (κ3) is 5.71. The molecule has 8 heteroatoms. The Morgan fingerprint density at radius 3 is 2.33 bits per heavy atom. The summed E-state index contributed by atoms with van der Waals surface area (Å²) < 4.78 is 23.6. The summed E-state index contributed by atoms with van der Waals surface area (Å²) in [4.78, 5) is 39.1. The van der Waals surface area contributed by atoms with Gasteiger partial charge in [-0.3, -0.25) is 14.4 Å². The van der Waals surface area contributed by atoms with Crippen molar-refractivity contribution in [2.75, 3.05) is 10.7 Å². The molecule has 176 valence electrons. The van der Waals surface area contributed by atoms with Crippen molar-refractivity contribution in [3.8, 4) is 0 Å². The Bertz CT molecular complexity index is 1200. The number of fused-ring (bicyclic) bond motifs is 1. The lowest BCUT2D eigenvalue weighted by molar-refractivity contribution is -0.118. The predicted molar refractivity (Wildman–Crippen MR) is 130 cm³/mol. The normalized spacial score (nSPS) is 13.7. The molecule has 6 nitrogen and oxygen atoms in total. The molecule has 0 saturated heterocycles. The van der Waals surface area contributed by atoms with E-state index in [9.17, 15) is 22.8 Å². The van der Waals surface area contributed by atoms with E-state index in [4.69, 9.17) is 11.6 Å². The highest BCUT2D eigenvalue weighted by Gasteiger charge is 2.37. The molecule has 0 saturated carbocycles. The first kappa shape index (κ1) is 25.1. The van der Waals surface area contributed by atoms with Crippen molar-refractivity contribution in [2.24, 2.45) is 0 Å². The van der Waals surface area contributed by atoms with Crippen LogP contribution in [0.1, 0.15) is 71.4 Å². The minimum atomic E-state index is -3.03. The maximum atomic E-state index is 12.8. The fourth-order valence-electron chi connectivity index (χ4n) is 3.86. The molecule has 0 bridgehead atoms. The van der Waals surface area contributed by atoms with Gasteiger partial charge in [0.25, 0.3) is 11.8 Å². The van der Waals surface area contributed by atoms with Crippen LogP contribution in [0.4, 0.5) is 5.69 Å². The molecule has 0 radical (unpaired) electrons. The Morgan fingerprint density at radius 2 is 1.67 bits per heavy atom. The molecule has 0 fully saturated rings. The van der Waals surface area contributed by atoms with Gasteiger partial charge in [0, 0.05) is 17.9 Å². The minimum absolute atomic E-state index is 0.0734. The summed E-state index contributed by atoms with van der Waals surface area (Å²) in [6.07, 6.45) is 2.55. The molecule has 2 amide bonds. The highest BCUT2D eigenvalue weighted by Crippen LogP contribution is 2.32. The predicted octanol–water partition coefficient (Wildman–Crippen LogP) is 4.94. The molecule has 0 unspecified atom stereocenters. The third-order valence-electron chi connectivity index (χ3n) is 5.85. The molecule has 0 aromatic heterocycles. The Morgan fingerprint density at radius 1 is 0.970 bits per heavy atom. The van der Waals surface area contributed by atoms with E-state index >= 15 is 0 Å². The van der Waals surface area contributed by atoms with E-state index in [2.05, 4.69) is 0 Å². The maximum absolute atomic E-state index is 12.8. The molecule has 1 aliphatic rings. The molecule has 2 aromatic rings. The molecule has 0 aliphatic carbocycles. The summed E-state index contributed by atoms with van der Waals surface area (Å²) >= 11 is 5.98. The monoisotopic (exact) mass is 489 g/mol. The van der Waals surface area contributed by atoms with Crippen molar-refractivity contribution in [3.63, 3.8) is 0 Å². The van der Waals surface area contributed by atoms with Crippen molar-refractivity contribution >= 4 is 44.7 Å². The molecule has 1 aliphatic heterocycles. The standard InChI is InChI=1S/C25H28ClNO5S/c1-16(2)33(31,32)12-6-4-5-7-20(28)14-18-8-11-23(17(3)13-18)27-24(29)21-10-9-19(26)15-22(21)25(27)30/h8-11,13,15-16H,4-7,12,14H2,1-3H3. The number of anilines is 1. The molecule has 0 spiro atoms. The number of amides is 2. The number of Topliss-reactive ketones (excluding diaryl/α,β-unsaturated/α-hetero) is 1. The van der Waals surface area contributed by atoms with E-state index < -0.39 is 21.7 Å². The smallest absolute Gasteiger partial charge is 0.266 e. The fourth-order valence-corrected chi connectivity index (χ4v) is 5.11. The van der Waals surface area contributed by atoms with Gasteiger partial charge in [0.15, 0.2) is 9.84 Å². The second-order valence-corrected chi connectivity index (χ2v) is 11.8. The quantitative estimate of drug-likeness (QED) is 0.348. The maximum Gasteiger partial charge on any atom is 0.266 e. The summed E-state index contributed by atoms with van der Waals surface area (Å²) in [5.74, 6) is -0.574. The van der Waals surface area contributed by atoms with E-state index in [-0.39, 0.29) is 28.8 Å². The Balaban J connectivity index is 1.57. The first-order chi connectivity index (χ1) is 15.5. The number of aryl methyl sites for hydroxylation is 1. The highest BCUT2D eigenvalue weighted by atomic mass is 35.5. The van der Waals surface area contributed by atoms with Crippen molar-refractivity contribution < 1.29 is 22.8 Å². The highest BCUT2D eigenvalue weighted by molar-refractivity contribution is 7.91. The number of halogens is 1. The number of carbonyl (C=O) groups is 3. The molecule has 3 rings (SSSR count). The lowest BCUT2D eigenvalue weighted by atomic mass is 10.0. The summed E-state index contributed by atoms with van der Waals surface area (Å²) in [6.45, 7) is 5.15. The van der Waals surface area contributed by atoms with Gasteiger partial charge in [0.2, 0.25) is 0 Å². The van der Waals surface area contributed by atoms with Crippen molar-refractivity contribution in [2.45, 2.75) is 58.1 Å². The zero-order chi connectivity index (χ0) is 24.3. The molecule has 0 atom stereocenters. The fraction of sp³-hybridized carbons (Fsp3) is 0.400. The van der Waals surface area contributed by atoms with Gasteiger partial charge < -0.3 is 0 Å². The van der Waals surface area contributed by atoms with Gasteiger partial charge >= 0.3 is 0 Å². The summed E-state index contributed by atoms with van der Waals surface area (Å²) in [7, 11) is -3.03. The second-order valence-electron chi connectivity index (χ2n) is 8.70. The van der Waals surface area contributed by atoms with Crippen LogP contribution >= 0.6 is 11.6 Å². The van der Waals surface area contributed by atoms with Crippen LogP contribution in [0.2, 0.25) is 5.02 Å². The molecular formula is C25H28ClNO5S. The topological polar surface area (TPSA) is 88.6 Å². The number of hydrogen-bond donors (Lipinski definition) is 0. The number of ketones is 1. The third-order valence-corrected chi connectivity index (χ3v) is 8.38. The van der Waals surface area contributed by atoms with E-state index in [1.807, 2.05) is 6.07 Å². The summed E-state index contributed by atoms with van der Waals surface area (Å²) in [5, 5.41) is 0.0207. The first-order valence-electron chi connectivity index (χ1n) is 11.0. The van der Waals surface area contributed by atoms with Crippen LogP contribution in [0.5, 0.6) is 0 Å². The summed E-state index contributed by atoms with van der Waals surface area (Å²) in [6, 6.07) is 9.90. The van der Waals surface area contributed by atoms with Gasteiger partial charge in [-0.1, -0.05) is 30.2 Å². The van der Waals surface area contributed by atoms with Gasteiger partial charge in [0.05, 0.1) is 27.8 Å². The largest absolute Gasteiger partial charge is 0.299 e. The average molecular weight is 490 g/mol. The lowest BCUT2D eigenvalue weighted by Gasteiger charge is -2.17. The van der Waals surface area contributed by atoms with Crippen LogP contribution in [-0.2, 0) is 21.1 Å². The number of nitrogens with zero attached hydrogens (tertiary/aromatic N) is 1. The van der Waals surface area contributed by atoms with Crippen molar-refractivity contribution in [1.82, 2.24) is 0 Å². The zero-order valence-electron chi connectivity index (χ0n) is 19.1. The van der Waals surface area contributed by atoms with Crippen LogP contribution < -0.4 is 4.90 Å². The van der Waals surface area contributed by atoms with Crippen molar-refractivity contribution in [1.29, 1.82) is 0 Å². The SMILES string of the molecule is Cc1cc(CC(=O)CCCCCS(=O)(=O)C(C)C)ccc1N1C(=O)c2ccc(Cl)cc2C1=O. The van der Waals surface area contributed by atoms with Crippen LogP contribution in [0.25, 0.3) is 0 Å². The average Bonchev–Trinajstić information content (AvgIpc) is 2.97. The Hall–Kier alpha value is -2.51. The lowest BCUT2D eigenvalue weighted by Crippen LogP contribution is -2.30. The Labute approximate surface area is 199 Å². The van der Waals surface area contributed by atoms with Crippen LogP contribution in [0, 0.1) is 6.92 Å². The Kier molecular flexibility index (Phi) is 7.75. The number of rotatable bonds is 10. The molecule has 1 heterocycles. The zero-order valence-corrected chi connectivity index (χ0v) is 20.6. The van der Waals surface area contributed by atoms with Gasteiger partial charge in [0.1, 0.15) is 5.78 Å². The van der Waals surface area contributed by atoms with Crippen LogP contribution in [0.15, 0.2) is 36.4 Å². The molecular weight excluding hydrogens is 462 g/mol. The second kappa shape index (κ2) is 10.2. The van der Waals surface area contributed by atoms with E-state index in [0.717, 1.165) is 16.0 Å². The van der Waals surface area contributed by atoms with E-state index in [1.165, 1.54) is 6.07 Å². The molecule has 0 N–H and O–H groups in total. The summed E-state index contributed by atoms with van der Waals surface area (Å²) in [5.41, 5.74) is 2.62.